The number of hydrogen-bond donors (Lipinski definition) is 2. The van der Waals surface area contributed by atoms with Crippen molar-refractivity contribution in [2.24, 2.45) is 0 Å². The monoisotopic (exact) mass is 491 g/mol. The smallest absolute Gasteiger partial charge is 0.407 e. The maximum Gasteiger partial charge on any atom is 0.407 e. The van der Waals surface area contributed by atoms with Crippen LogP contribution in [0.5, 0.6) is 5.75 Å². The van der Waals surface area contributed by atoms with E-state index in [1.54, 1.807) is 25.3 Å². The third-order valence-electron chi connectivity index (χ3n) is 6.08. The van der Waals surface area contributed by atoms with Gasteiger partial charge in [-0.3, -0.25) is 9.78 Å². The number of carbonyl (C=O) groups excluding carboxylic acids is 1. The van der Waals surface area contributed by atoms with Crippen LogP contribution in [0.25, 0.3) is 32.9 Å². The molecule has 0 bridgehead atoms. The minimum absolute atomic E-state index is 0.0128. The van der Waals surface area contributed by atoms with Crippen LogP contribution in [0.15, 0.2) is 47.4 Å². The quantitative estimate of drug-likeness (QED) is 0.343. The van der Waals surface area contributed by atoms with Crippen molar-refractivity contribution in [3.63, 3.8) is 0 Å². The summed E-state index contributed by atoms with van der Waals surface area (Å²) in [6.45, 7) is 9.45. The summed E-state index contributed by atoms with van der Waals surface area (Å²) in [5, 5.41) is 3.83. The summed E-state index contributed by atoms with van der Waals surface area (Å²) in [4.78, 5) is 32.0. The van der Waals surface area contributed by atoms with Gasteiger partial charge in [0.2, 0.25) is 0 Å². The van der Waals surface area contributed by atoms with E-state index in [0.29, 0.717) is 39.5 Å². The largest absolute Gasteiger partial charge is 0.493 e. The molecule has 0 aliphatic heterocycles. The second-order valence-electron chi connectivity index (χ2n) is 9.86. The third kappa shape index (κ3) is 4.76. The molecule has 2 heterocycles. The van der Waals surface area contributed by atoms with E-state index in [-0.39, 0.29) is 22.8 Å². The number of ether oxygens (including phenoxy) is 2. The Bertz CT molecular complexity index is 1500. The SMILES string of the molecule is COc1c(F)c(C)c2[nH]c(=O)c3cccnc3c2c1-c1ccc(C(C)CNC(=O)OC(C)(C)C)cc1. The number of rotatable bonds is 5. The van der Waals surface area contributed by atoms with Gasteiger partial charge in [0.05, 0.1) is 23.5 Å². The average molecular weight is 492 g/mol. The molecular weight excluding hydrogens is 461 g/mol. The number of aromatic amines is 1. The lowest BCUT2D eigenvalue weighted by atomic mass is 9.92. The summed E-state index contributed by atoms with van der Waals surface area (Å²) in [7, 11) is 1.42. The van der Waals surface area contributed by atoms with Crippen molar-refractivity contribution in [2.45, 2.75) is 46.1 Å². The van der Waals surface area contributed by atoms with Gasteiger partial charge in [-0.2, -0.15) is 0 Å². The van der Waals surface area contributed by atoms with Crippen molar-refractivity contribution < 1.29 is 18.7 Å². The van der Waals surface area contributed by atoms with Crippen molar-refractivity contribution in [3.8, 4) is 16.9 Å². The predicted molar refractivity (Wildman–Crippen MR) is 139 cm³/mol. The van der Waals surface area contributed by atoms with Crippen molar-refractivity contribution >= 4 is 27.9 Å². The number of fused-ring (bicyclic) bond motifs is 3. The van der Waals surface area contributed by atoms with E-state index in [1.165, 1.54) is 7.11 Å². The molecule has 36 heavy (non-hydrogen) atoms. The lowest BCUT2D eigenvalue weighted by Crippen LogP contribution is -2.34. The molecule has 0 radical (unpaired) electrons. The second kappa shape index (κ2) is 9.60. The minimum atomic E-state index is -0.566. The summed E-state index contributed by atoms with van der Waals surface area (Å²) in [6, 6.07) is 11.0. The van der Waals surface area contributed by atoms with Gasteiger partial charge in [-0.15, -0.1) is 0 Å². The fourth-order valence-corrected chi connectivity index (χ4v) is 4.29. The fraction of sp³-hybridized carbons (Fsp3) is 0.321. The number of hydrogen-bond acceptors (Lipinski definition) is 5. The minimum Gasteiger partial charge on any atom is -0.493 e. The zero-order valence-electron chi connectivity index (χ0n) is 21.3. The molecular formula is C28H30FN3O4. The van der Waals surface area contributed by atoms with Crippen molar-refractivity contribution in [2.75, 3.05) is 13.7 Å². The normalized spacial score (nSPS) is 12.5. The molecule has 0 saturated heterocycles. The van der Waals surface area contributed by atoms with E-state index < -0.39 is 17.5 Å². The molecule has 0 aliphatic rings. The van der Waals surface area contributed by atoms with Crippen molar-refractivity contribution in [3.05, 3.63) is 69.9 Å². The standard InChI is InChI=1S/C28H30FN3O4/c1-15(14-31-27(34)36-28(3,4)5)17-9-11-18(12-10-17)20-21-23(16(2)22(29)25(20)35-6)32-26(33)19-8-7-13-30-24(19)21/h7-13,15H,14H2,1-6H3,(H,31,34)(H,32,33). The van der Waals surface area contributed by atoms with E-state index in [2.05, 4.69) is 15.3 Å². The molecule has 4 rings (SSSR count). The Morgan fingerprint density at radius 1 is 1.19 bits per heavy atom. The Labute approximate surface area is 208 Å². The number of nitrogens with zero attached hydrogens (tertiary/aromatic N) is 1. The molecule has 1 amide bonds. The summed E-state index contributed by atoms with van der Waals surface area (Å²) in [5.41, 5.74) is 2.47. The molecule has 2 N–H and O–H groups in total. The Morgan fingerprint density at radius 3 is 2.53 bits per heavy atom. The molecule has 0 spiro atoms. The van der Waals surface area contributed by atoms with Crippen molar-refractivity contribution in [1.29, 1.82) is 0 Å². The number of aromatic nitrogens is 2. The van der Waals surface area contributed by atoms with Crippen LogP contribution >= 0.6 is 0 Å². The van der Waals surface area contributed by atoms with E-state index in [0.717, 1.165) is 5.56 Å². The van der Waals surface area contributed by atoms with Gasteiger partial charge in [0.1, 0.15) is 5.60 Å². The van der Waals surface area contributed by atoms with Crippen LogP contribution in [0.1, 0.15) is 44.7 Å². The Balaban J connectivity index is 1.78. The molecule has 8 heteroatoms. The van der Waals surface area contributed by atoms with Crippen LogP contribution in [0.3, 0.4) is 0 Å². The molecule has 7 nitrogen and oxygen atoms in total. The Kier molecular flexibility index (Phi) is 6.71. The summed E-state index contributed by atoms with van der Waals surface area (Å²) in [6.07, 6.45) is 1.14. The van der Waals surface area contributed by atoms with Crippen LogP contribution in [0, 0.1) is 12.7 Å². The number of pyridine rings is 2. The van der Waals surface area contributed by atoms with Gasteiger partial charge in [-0.25, -0.2) is 9.18 Å². The molecule has 1 unspecified atom stereocenters. The number of nitrogens with one attached hydrogen (secondary N) is 2. The summed E-state index contributed by atoms with van der Waals surface area (Å²) in [5.74, 6) is -0.435. The van der Waals surface area contributed by atoms with Gasteiger partial charge >= 0.3 is 6.09 Å². The van der Waals surface area contributed by atoms with E-state index >= 15 is 4.39 Å². The Hall–Kier alpha value is -3.94. The molecule has 188 valence electrons. The molecule has 0 fully saturated rings. The number of benzene rings is 2. The number of amides is 1. The highest BCUT2D eigenvalue weighted by Crippen LogP contribution is 2.42. The number of alkyl carbamates (subject to hydrolysis) is 1. The fourth-order valence-electron chi connectivity index (χ4n) is 4.29. The second-order valence-corrected chi connectivity index (χ2v) is 9.86. The van der Waals surface area contributed by atoms with Gasteiger partial charge < -0.3 is 19.8 Å². The summed E-state index contributed by atoms with van der Waals surface area (Å²) >= 11 is 0. The highest BCUT2D eigenvalue weighted by atomic mass is 19.1. The lowest BCUT2D eigenvalue weighted by molar-refractivity contribution is 0.0525. The zero-order chi connectivity index (χ0) is 26.2. The molecule has 0 aliphatic carbocycles. The predicted octanol–water partition coefficient (Wildman–Crippen LogP) is 5.83. The first-order chi connectivity index (χ1) is 17.0. The van der Waals surface area contributed by atoms with Gasteiger partial charge in [0.15, 0.2) is 11.6 Å². The first-order valence-corrected chi connectivity index (χ1v) is 11.8. The molecule has 1 atom stereocenters. The number of methoxy groups -OCH3 is 1. The average Bonchev–Trinajstić information content (AvgIpc) is 2.84. The first kappa shape index (κ1) is 25.2. The van der Waals surface area contributed by atoms with Crippen LogP contribution in [-0.2, 0) is 4.74 Å². The van der Waals surface area contributed by atoms with E-state index in [1.807, 2.05) is 52.0 Å². The third-order valence-corrected chi connectivity index (χ3v) is 6.08. The lowest BCUT2D eigenvalue weighted by Gasteiger charge is -2.21. The van der Waals surface area contributed by atoms with Gasteiger partial charge in [0, 0.05) is 29.3 Å². The maximum absolute atomic E-state index is 15.4. The number of H-pyrrole nitrogens is 1. The highest BCUT2D eigenvalue weighted by Gasteiger charge is 2.23. The molecule has 4 aromatic rings. The van der Waals surface area contributed by atoms with Crippen LogP contribution in [0.4, 0.5) is 9.18 Å². The molecule has 2 aromatic carbocycles. The van der Waals surface area contributed by atoms with Crippen LogP contribution in [-0.4, -0.2) is 35.3 Å². The number of aryl methyl sites for hydroxylation is 1. The van der Waals surface area contributed by atoms with Crippen LogP contribution in [0.2, 0.25) is 0 Å². The van der Waals surface area contributed by atoms with Crippen molar-refractivity contribution in [1.82, 2.24) is 15.3 Å². The van der Waals surface area contributed by atoms with Gasteiger partial charge in [-0.1, -0.05) is 31.2 Å². The number of carbonyl (C=O) groups is 1. The Morgan fingerprint density at radius 2 is 1.89 bits per heavy atom. The molecule has 2 aromatic heterocycles. The number of halogens is 1. The van der Waals surface area contributed by atoms with E-state index in [4.69, 9.17) is 9.47 Å². The summed E-state index contributed by atoms with van der Waals surface area (Å²) < 4.78 is 26.2. The maximum atomic E-state index is 15.4. The first-order valence-electron chi connectivity index (χ1n) is 11.8. The van der Waals surface area contributed by atoms with E-state index in [9.17, 15) is 9.59 Å². The van der Waals surface area contributed by atoms with Gasteiger partial charge in [0.25, 0.3) is 5.56 Å². The van der Waals surface area contributed by atoms with Crippen LogP contribution < -0.4 is 15.6 Å². The highest BCUT2D eigenvalue weighted by molar-refractivity contribution is 6.13. The topological polar surface area (TPSA) is 93.3 Å². The zero-order valence-corrected chi connectivity index (χ0v) is 21.3. The van der Waals surface area contributed by atoms with Gasteiger partial charge in [-0.05, 0) is 56.9 Å². The molecule has 0 saturated carbocycles.